The van der Waals surface area contributed by atoms with Gasteiger partial charge in [-0.05, 0) is 26.1 Å². The SMILES string of the molecule is CCN(CC)C(C)c1cc([N+](=O)[O-])ccc1O. The van der Waals surface area contributed by atoms with E-state index >= 15 is 0 Å². The maximum absolute atomic E-state index is 10.7. The van der Waals surface area contributed by atoms with Crippen molar-refractivity contribution in [2.45, 2.75) is 26.8 Å². The van der Waals surface area contributed by atoms with Gasteiger partial charge in [0.25, 0.3) is 5.69 Å². The molecule has 1 N–H and O–H groups in total. The first-order chi connectivity index (χ1) is 8.01. The monoisotopic (exact) mass is 238 g/mol. The van der Waals surface area contributed by atoms with Gasteiger partial charge in [-0.25, -0.2) is 0 Å². The van der Waals surface area contributed by atoms with Gasteiger partial charge in [0.15, 0.2) is 0 Å². The molecule has 1 atom stereocenters. The minimum Gasteiger partial charge on any atom is -0.508 e. The van der Waals surface area contributed by atoms with Gasteiger partial charge in [-0.1, -0.05) is 13.8 Å². The lowest BCUT2D eigenvalue weighted by molar-refractivity contribution is -0.385. The van der Waals surface area contributed by atoms with Gasteiger partial charge in [0.05, 0.1) is 4.92 Å². The van der Waals surface area contributed by atoms with Crippen molar-refractivity contribution in [1.82, 2.24) is 4.90 Å². The number of phenolic OH excluding ortho intramolecular Hbond substituents is 1. The summed E-state index contributed by atoms with van der Waals surface area (Å²) in [6.07, 6.45) is 0. The van der Waals surface area contributed by atoms with Gasteiger partial charge < -0.3 is 5.11 Å². The Labute approximate surface area is 101 Å². The van der Waals surface area contributed by atoms with Gasteiger partial charge in [0, 0.05) is 23.7 Å². The largest absolute Gasteiger partial charge is 0.508 e. The zero-order valence-electron chi connectivity index (χ0n) is 10.4. The summed E-state index contributed by atoms with van der Waals surface area (Å²) in [4.78, 5) is 12.4. The first-order valence-corrected chi connectivity index (χ1v) is 5.72. The van der Waals surface area contributed by atoms with Gasteiger partial charge >= 0.3 is 0 Å². The Hall–Kier alpha value is -1.62. The summed E-state index contributed by atoms with van der Waals surface area (Å²) in [5.74, 6) is 0.106. The highest BCUT2D eigenvalue weighted by molar-refractivity contribution is 5.44. The second-order valence-electron chi connectivity index (χ2n) is 3.90. The van der Waals surface area contributed by atoms with Crippen LogP contribution >= 0.6 is 0 Å². The van der Waals surface area contributed by atoms with Crippen molar-refractivity contribution >= 4 is 5.69 Å². The number of nitro benzene ring substituents is 1. The van der Waals surface area contributed by atoms with Crippen molar-refractivity contribution in [2.24, 2.45) is 0 Å². The van der Waals surface area contributed by atoms with Gasteiger partial charge in [-0.2, -0.15) is 0 Å². The molecule has 0 aromatic heterocycles. The van der Waals surface area contributed by atoms with Crippen molar-refractivity contribution in [1.29, 1.82) is 0 Å². The summed E-state index contributed by atoms with van der Waals surface area (Å²) in [5, 5.41) is 20.5. The zero-order chi connectivity index (χ0) is 13.0. The number of nitrogens with zero attached hydrogens (tertiary/aromatic N) is 2. The van der Waals surface area contributed by atoms with Crippen LogP contribution in [0.15, 0.2) is 18.2 Å². The molecule has 0 fully saturated rings. The van der Waals surface area contributed by atoms with E-state index in [-0.39, 0.29) is 17.5 Å². The lowest BCUT2D eigenvalue weighted by Crippen LogP contribution is -2.26. The van der Waals surface area contributed by atoms with Crippen LogP contribution in [0.3, 0.4) is 0 Å². The first kappa shape index (κ1) is 13.4. The third kappa shape index (κ3) is 2.94. The predicted molar refractivity (Wildman–Crippen MR) is 66.1 cm³/mol. The highest BCUT2D eigenvalue weighted by Crippen LogP contribution is 2.31. The fourth-order valence-electron chi connectivity index (χ4n) is 1.96. The average Bonchev–Trinajstić information content (AvgIpc) is 2.30. The molecule has 0 amide bonds. The molecule has 17 heavy (non-hydrogen) atoms. The zero-order valence-corrected chi connectivity index (χ0v) is 10.4. The quantitative estimate of drug-likeness (QED) is 0.632. The van der Waals surface area contributed by atoms with Crippen LogP contribution in [0.4, 0.5) is 5.69 Å². The van der Waals surface area contributed by atoms with Crippen LogP contribution in [0.25, 0.3) is 0 Å². The van der Waals surface area contributed by atoms with E-state index in [1.807, 2.05) is 20.8 Å². The van der Waals surface area contributed by atoms with Gasteiger partial charge in [-0.15, -0.1) is 0 Å². The number of hydrogen-bond acceptors (Lipinski definition) is 4. The van der Waals surface area contributed by atoms with Gasteiger partial charge in [0.1, 0.15) is 5.75 Å². The fourth-order valence-corrected chi connectivity index (χ4v) is 1.96. The minimum absolute atomic E-state index is 0.0109. The molecule has 0 radical (unpaired) electrons. The van der Waals surface area contributed by atoms with Gasteiger partial charge in [0.2, 0.25) is 0 Å². The maximum Gasteiger partial charge on any atom is 0.270 e. The predicted octanol–water partition coefficient (Wildman–Crippen LogP) is 2.70. The normalized spacial score (nSPS) is 12.7. The van der Waals surface area contributed by atoms with Crippen molar-refractivity contribution in [3.05, 3.63) is 33.9 Å². The standard InChI is InChI=1S/C12H18N2O3/c1-4-13(5-2)9(3)11-8-10(14(16)17)6-7-12(11)15/h6-9,15H,4-5H2,1-3H3. The second kappa shape index (κ2) is 5.63. The Balaban J connectivity index is 3.11. The van der Waals surface area contributed by atoms with Gasteiger partial charge in [-0.3, -0.25) is 15.0 Å². The molecule has 1 aromatic carbocycles. The van der Waals surface area contributed by atoms with Crippen LogP contribution in [0.1, 0.15) is 32.4 Å². The number of rotatable bonds is 5. The minimum atomic E-state index is -0.447. The highest BCUT2D eigenvalue weighted by atomic mass is 16.6. The Bertz CT molecular complexity index is 403. The molecule has 0 aliphatic carbocycles. The fraction of sp³-hybridized carbons (Fsp3) is 0.500. The molecule has 94 valence electrons. The molecule has 0 saturated heterocycles. The summed E-state index contributed by atoms with van der Waals surface area (Å²) >= 11 is 0. The average molecular weight is 238 g/mol. The summed E-state index contributed by atoms with van der Waals surface area (Å²) in [5.41, 5.74) is 0.611. The van der Waals surface area contributed by atoms with E-state index in [0.717, 1.165) is 13.1 Å². The number of aromatic hydroxyl groups is 1. The van der Waals surface area contributed by atoms with Crippen LogP contribution in [-0.4, -0.2) is 28.0 Å². The Kier molecular flexibility index (Phi) is 4.45. The van der Waals surface area contributed by atoms with E-state index in [2.05, 4.69) is 4.90 Å². The summed E-state index contributed by atoms with van der Waals surface area (Å²) in [7, 11) is 0. The lowest BCUT2D eigenvalue weighted by Gasteiger charge is -2.26. The lowest BCUT2D eigenvalue weighted by atomic mass is 10.0. The van der Waals surface area contributed by atoms with Crippen LogP contribution in [0.5, 0.6) is 5.75 Å². The molecule has 5 nitrogen and oxygen atoms in total. The number of phenols is 1. The summed E-state index contributed by atoms with van der Waals surface area (Å²) in [6.45, 7) is 7.65. The van der Waals surface area contributed by atoms with E-state index in [0.29, 0.717) is 5.56 Å². The molecule has 0 saturated carbocycles. The summed E-state index contributed by atoms with van der Waals surface area (Å²) < 4.78 is 0. The molecule has 0 heterocycles. The van der Waals surface area contributed by atoms with E-state index in [1.54, 1.807) is 0 Å². The Morgan fingerprint density at radius 1 is 1.41 bits per heavy atom. The van der Waals surface area contributed by atoms with E-state index in [9.17, 15) is 15.2 Å². The number of benzene rings is 1. The number of non-ortho nitro benzene ring substituents is 1. The number of nitro groups is 1. The molecule has 5 heteroatoms. The van der Waals surface area contributed by atoms with Crippen molar-refractivity contribution in [2.75, 3.05) is 13.1 Å². The third-order valence-corrected chi connectivity index (χ3v) is 3.03. The van der Waals surface area contributed by atoms with E-state index in [1.165, 1.54) is 18.2 Å². The molecule has 1 rings (SSSR count). The number of hydrogen-bond donors (Lipinski definition) is 1. The molecular formula is C12H18N2O3. The van der Waals surface area contributed by atoms with Crippen LogP contribution in [0.2, 0.25) is 0 Å². The molecule has 0 aliphatic rings. The topological polar surface area (TPSA) is 66.6 Å². The highest BCUT2D eigenvalue weighted by Gasteiger charge is 2.19. The Morgan fingerprint density at radius 3 is 2.47 bits per heavy atom. The third-order valence-electron chi connectivity index (χ3n) is 3.03. The van der Waals surface area contributed by atoms with Crippen LogP contribution in [0, 0.1) is 10.1 Å². The molecule has 1 aromatic rings. The van der Waals surface area contributed by atoms with E-state index in [4.69, 9.17) is 0 Å². The first-order valence-electron chi connectivity index (χ1n) is 5.72. The molecule has 0 bridgehead atoms. The van der Waals surface area contributed by atoms with Crippen molar-refractivity contribution < 1.29 is 10.0 Å². The van der Waals surface area contributed by atoms with Crippen molar-refractivity contribution in [3.63, 3.8) is 0 Å². The molecule has 1 unspecified atom stereocenters. The molecular weight excluding hydrogens is 220 g/mol. The van der Waals surface area contributed by atoms with Crippen LogP contribution in [-0.2, 0) is 0 Å². The summed E-state index contributed by atoms with van der Waals surface area (Å²) in [6, 6.07) is 4.10. The Morgan fingerprint density at radius 2 is 2.00 bits per heavy atom. The smallest absolute Gasteiger partial charge is 0.270 e. The maximum atomic E-state index is 10.7. The molecule has 0 aliphatic heterocycles. The molecule has 0 spiro atoms. The van der Waals surface area contributed by atoms with E-state index < -0.39 is 4.92 Å². The van der Waals surface area contributed by atoms with Crippen LogP contribution < -0.4 is 0 Å². The second-order valence-corrected chi connectivity index (χ2v) is 3.90. The van der Waals surface area contributed by atoms with Crippen molar-refractivity contribution in [3.8, 4) is 5.75 Å².